The molecule has 0 aromatic heterocycles. The summed E-state index contributed by atoms with van der Waals surface area (Å²) in [6, 6.07) is -0.549. The monoisotopic (exact) mass is 321 g/mol. The molecule has 0 atom stereocenters. The molecule has 1 aliphatic rings. The zero-order valence-corrected chi connectivity index (χ0v) is 13.0. The van der Waals surface area contributed by atoms with E-state index >= 15 is 0 Å². The fourth-order valence-corrected chi connectivity index (χ4v) is 2.98. The Morgan fingerprint density at radius 1 is 1.14 bits per heavy atom. The molecule has 1 rings (SSSR count). The second-order valence-electron chi connectivity index (χ2n) is 5.28. The molecule has 4 N–H and O–H groups in total. The Morgan fingerprint density at radius 3 is 2.29 bits per heavy atom. The minimum atomic E-state index is -3.36. The number of sulfonamides is 1. The van der Waals surface area contributed by atoms with Crippen LogP contribution in [0.4, 0.5) is 4.79 Å². The molecule has 0 saturated heterocycles. The highest BCUT2D eigenvalue weighted by atomic mass is 32.2. The highest BCUT2D eigenvalue weighted by molar-refractivity contribution is 7.89. The topological polar surface area (TPSA) is 125 Å². The Hall–Kier alpha value is -1.35. The van der Waals surface area contributed by atoms with Crippen molar-refractivity contribution in [2.45, 2.75) is 32.1 Å². The van der Waals surface area contributed by atoms with Crippen LogP contribution in [0.5, 0.6) is 0 Å². The van der Waals surface area contributed by atoms with Gasteiger partial charge in [-0.05, 0) is 19.9 Å². The van der Waals surface area contributed by atoms with Crippen LogP contribution in [-0.4, -0.2) is 51.4 Å². The van der Waals surface area contributed by atoms with Crippen LogP contribution >= 0.6 is 0 Å². The van der Waals surface area contributed by atoms with Crippen molar-refractivity contribution in [3.8, 4) is 0 Å². The van der Waals surface area contributed by atoms with E-state index in [4.69, 9.17) is 0 Å². The van der Waals surface area contributed by atoms with Gasteiger partial charge in [-0.3, -0.25) is 4.79 Å². The normalized spacial score (nSPS) is 18.0. The van der Waals surface area contributed by atoms with Crippen LogP contribution < -0.4 is 15.4 Å². The molecular weight excluding hydrogens is 298 g/mol. The van der Waals surface area contributed by atoms with Crippen LogP contribution in [0.3, 0.4) is 0 Å². The molecule has 0 radical (unpaired) electrons. The van der Waals surface area contributed by atoms with Gasteiger partial charge in [-0.2, -0.15) is 0 Å². The van der Waals surface area contributed by atoms with Gasteiger partial charge in [-0.25, -0.2) is 17.9 Å². The highest BCUT2D eigenvalue weighted by Gasteiger charge is 2.39. The first-order valence-electron chi connectivity index (χ1n) is 6.98. The van der Waals surface area contributed by atoms with Gasteiger partial charge in [0.25, 0.3) is 0 Å². The summed E-state index contributed by atoms with van der Waals surface area (Å²) < 4.78 is 24.5. The lowest BCUT2D eigenvalue weighted by Crippen LogP contribution is -2.48. The first kappa shape index (κ1) is 17.7. The molecule has 1 aliphatic carbocycles. The van der Waals surface area contributed by atoms with E-state index in [-0.39, 0.29) is 18.8 Å². The number of hydrogen-bond donors (Lipinski definition) is 4. The van der Waals surface area contributed by atoms with Gasteiger partial charge in [0, 0.05) is 13.1 Å². The van der Waals surface area contributed by atoms with E-state index in [0.717, 1.165) is 19.3 Å². The lowest BCUT2D eigenvalue weighted by atomic mass is 9.74. The largest absolute Gasteiger partial charge is 0.481 e. The van der Waals surface area contributed by atoms with E-state index in [1.807, 2.05) is 0 Å². The van der Waals surface area contributed by atoms with Crippen molar-refractivity contribution in [2.24, 2.45) is 5.41 Å². The van der Waals surface area contributed by atoms with Crippen molar-refractivity contribution in [3.05, 3.63) is 0 Å². The van der Waals surface area contributed by atoms with Crippen LogP contribution in [0, 0.1) is 5.41 Å². The molecular formula is C12H23N3O5S. The van der Waals surface area contributed by atoms with Crippen molar-refractivity contribution in [1.29, 1.82) is 0 Å². The Labute approximate surface area is 124 Å². The fourth-order valence-electron chi connectivity index (χ4n) is 2.41. The van der Waals surface area contributed by atoms with Gasteiger partial charge in [0.1, 0.15) is 0 Å². The molecule has 0 spiro atoms. The number of urea groups is 1. The first-order chi connectivity index (χ1) is 9.81. The average Bonchev–Trinajstić information content (AvgIpc) is 2.46. The Morgan fingerprint density at radius 2 is 1.76 bits per heavy atom. The third kappa shape index (κ3) is 5.50. The number of aliphatic carboxylic acids is 1. The molecule has 21 heavy (non-hydrogen) atoms. The number of carboxylic acid groups (broad SMARTS) is 1. The summed E-state index contributed by atoms with van der Waals surface area (Å²) in [5.74, 6) is -1.11. The van der Waals surface area contributed by atoms with Crippen molar-refractivity contribution in [2.75, 3.05) is 25.9 Å². The van der Waals surface area contributed by atoms with E-state index in [9.17, 15) is 23.1 Å². The second kappa shape index (κ2) is 7.60. The summed E-state index contributed by atoms with van der Waals surface area (Å²) in [6.45, 7) is 0.0298. The van der Waals surface area contributed by atoms with Crippen molar-refractivity contribution < 1.29 is 23.1 Å². The summed E-state index contributed by atoms with van der Waals surface area (Å²) >= 11 is 0. The Bertz CT molecular complexity index is 471. The predicted octanol–water partition coefficient (Wildman–Crippen LogP) is -0.130. The fraction of sp³-hybridized carbons (Fsp3) is 0.833. The van der Waals surface area contributed by atoms with Crippen LogP contribution in [0.15, 0.2) is 0 Å². The molecule has 0 unspecified atom stereocenters. The summed E-state index contributed by atoms with van der Waals surface area (Å²) in [7, 11) is -2.06. The first-order valence-corrected chi connectivity index (χ1v) is 8.63. The number of nitrogens with one attached hydrogen (secondary N) is 3. The molecule has 9 heteroatoms. The molecule has 0 aromatic carbocycles. The van der Waals surface area contributed by atoms with Crippen LogP contribution in [0.25, 0.3) is 0 Å². The van der Waals surface area contributed by atoms with Gasteiger partial charge in [-0.1, -0.05) is 19.3 Å². The van der Waals surface area contributed by atoms with E-state index in [2.05, 4.69) is 15.4 Å². The highest BCUT2D eigenvalue weighted by Crippen LogP contribution is 2.35. The molecule has 0 aromatic rings. The lowest BCUT2D eigenvalue weighted by Gasteiger charge is -2.33. The van der Waals surface area contributed by atoms with Crippen molar-refractivity contribution in [3.63, 3.8) is 0 Å². The third-order valence-corrected chi connectivity index (χ3v) is 5.18. The molecule has 122 valence electrons. The van der Waals surface area contributed by atoms with Gasteiger partial charge < -0.3 is 15.7 Å². The van der Waals surface area contributed by atoms with Gasteiger partial charge in [0.15, 0.2) is 0 Å². The van der Waals surface area contributed by atoms with Gasteiger partial charge in [-0.15, -0.1) is 0 Å². The lowest BCUT2D eigenvalue weighted by molar-refractivity contribution is -0.150. The third-order valence-electron chi connectivity index (χ3n) is 3.82. The van der Waals surface area contributed by atoms with Crippen molar-refractivity contribution >= 4 is 22.0 Å². The maximum absolute atomic E-state index is 11.6. The number of carbonyl (C=O) groups excluding carboxylic acids is 1. The second-order valence-corrected chi connectivity index (χ2v) is 7.32. The van der Waals surface area contributed by atoms with E-state index < -0.39 is 27.4 Å². The zero-order chi connectivity index (χ0) is 15.9. The molecule has 0 bridgehead atoms. The van der Waals surface area contributed by atoms with Crippen LogP contribution in [0.1, 0.15) is 32.1 Å². The van der Waals surface area contributed by atoms with Crippen molar-refractivity contribution in [1.82, 2.24) is 15.4 Å². The zero-order valence-electron chi connectivity index (χ0n) is 12.1. The van der Waals surface area contributed by atoms with E-state index in [1.54, 1.807) is 0 Å². The van der Waals surface area contributed by atoms with Crippen LogP contribution in [-0.2, 0) is 14.8 Å². The van der Waals surface area contributed by atoms with Gasteiger partial charge in [0.2, 0.25) is 10.0 Å². The van der Waals surface area contributed by atoms with Gasteiger partial charge in [0.05, 0.1) is 11.2 Å². The number of carboxylic acids is 1. The molecule has 2 amide bonds. The SMILES string of the molecule is CNS(=O)(=O)CCNC(=O)NCC1(C(=O)O)CCCCC1. The summed E-state index contributed by atoms with van der Waals surface area (Å²) in [6.07, 6.45) is 3.81. The Balaban J connectivity index is 2.39. The van der Waals surface area contributed by atoms with E-state index in [1.165, 1.54) is 7.05 Å². The standard InChI is InChI=1S/C12H23N3O5S/c1-13-21(19,20)8-7-14-11(18)15-9-12(10(16)17)5-3-2-4-6-12/h13H,2-9H2,1H3,(H,16,17)(H2,14,15,18). The van der Waals surface area contributed by atoms with E-state index in [0.29, 0.717) is 12.8 Å². The minimum absolute atomic E-state index is 0.0327. The Kier molecular flexibility index (Phi) is 6.41. The number of hydrogen-bond acceptors (Lipinski definition) is 4. The maximum Gasteiger partial charge on any atom is 0.314 e. The number of amides is 2. The maximum atomic E-state index is 11.6. The molecule has 0 aliphatic heterocycles. The molecule has 1 saturated carbocycles. The molecule has 0 heterocycles. The van der Waals surface area contributed by atoms with Gasteiger partial charge >= 0.3 is 12.0 Å². The smallest absolute Gasteiger partial charge is 0.314 e. The number of carbonyl (C=O) groups is 2. The van der Waals surface area contributed by atoms with Crippen LogP contribution in [0.2, 0.25) is 0 Å². The quantitative estimate of drug-likeness (QED) is 0.520. The minimum Gasteiger partial charge on any atom is -0.481 e. The molecule has 1 fully saturated rings. The summed E-state index contributed by atoms with van der Waals surface area (Å²) in [5, 5.41) is 14.3. The summed E-state index contributed by atoms with van der Waals surface area (Å²) in [4.78, 5) is 23.0. The molecule has 8 nitrogen and oxygen atoms in total. The summed E-state index contributed by atoms with van der Waals surface area (Å²) in [5.41, 5.74) is -0.896. The predicted molar refractivity (Wildman–Crippen MR) is 77.4 cm³/mol. The number of rotatable bonds is 7. The average molecular weight is 321 g/mol.